The Labute approximate surface area is 142 Å². The molecule has 0 aliphatic rings. The van der Waals surface area contributed by atoms with Gasteiger partial charge in [0.1, 0.15) is 4.21 Å². The topological polar surface area (TPSA) is 89.3 Å². The minimum Gasteiger partial charge on any atom is -0.279 e. The van der Waals surface area contributed by atoms with Gasteiger partial charge in [-0.05, 0) is 34.1 Å². The smallest absolute Gasteiger partial charge is 0.279 e. The van der Waals surface area contributed by atoms with Crippen LogP contribution in [-0.4, -0.2) is 13.3 Å². The highest BCUT2D eigenvalue weighted by molar-refractivity contribution is 9.10. The SMILES string of the molecule is O=[N+]([O-])c1cc(S(=O)(=O)Nc2ccc(Cl)c(Br)c2)sc1Cl. The minimum atomic E-state index is -3.96. The third-order valence-electron chi connectivity index (χ3n) is 2.28. The summed E-state index contributed by atoms with van der Waals surface area (Å²) >= 11 is 15.2. The molecule has 2 rings (SSSR count). The van der Waals surface area contributed by atoms with E-state index in [1.54, 1.807) is 0 Å². The molecule has 0 atom stereocenters. The van der Waals surface area contributed by atoms with Gasteiger partial charge in [0.2, 0.25) is 0 Å². The average molecular weight is 432 g/mol. The summed E-state index contributed by atoms with van der Waals surface area (Å²) in [5, 5.41) is 11.1. The number of nitro groups is 1. The van der Waals surface area contributed by atoms with Crippen LogP contribution in [0.25, 0.3) is 0 Å². The van der Waals surface area contributed by atoms with E-state index in [1.807, 2.05) is 0 Å². The summed E-state index contributed by atoms with van der Waals surface area (Å²) in [6.45, 7) is 0. The lowest BCUT2D eigenvalue weighted by atomic mass is 10.3. The average Bonchev–Trinajstić information content (AvgIpc) is 2.77. The molecular weight excluding hydrogens is 427 g/mol. The molecule has 0 radical (unpaired) electrons. The van der Waals surface area contributed by atoms with E-state index >= 15 is 0 Å². The summed E-state index contributed by atoms with van der Waals surface area (Å²) < 4.78 is 26.7. The molecule has 1 aromatic heterocycles. The molecule has 0 aliphatic carbocycles. The Kier molecular flexibility index (Phi) is 4.79. The number of hydrogen-bond donors (Lipinski definition) is 1. The van der Waals surface area contributed by atoms with Crippen LogP contribution in [0.3, 0.4) is 0 Å². The molecule has 11 heteroatoms. The first-order valence-electron chi connectivity index (χ1n) is 5.12. The van der Waals surface area contributed by atoms with Crippen LogP contribution in [0.4, 0.5) is 11.4 Å². The summed E-state index contributed by atoms with van der Waals surface area (Å²) in [6.07, 6.45) is 0. The van der Waals surface area contributed by atoms with Crippen molar-refractivity contribution in [3.8, 4) is 0 Å². The van der Waals surface area contributed by atoms with Crippen LogP contribution in [0.2, 0.25) is 9.36 Å². The first-order valence-corrected chi connectivity index (χ1v) is 8.97. The summed E-state index contributed by atoms with van der Waals surface area (Å²) in [6, 6.07) is 5.37. The summed E-state index contributed by atoms with van der Waals surface area (Å²) in [4.78, 5) is 9.95. The van der Waals surface area contributed by atoms with Crippen molar-refractivity contribution in [1.29, 1.82) is 0 Å². The standard InChI is InChI=1S/C10H5BrCl2N2O4S2/c11-6-3-5(1-2-7(6)12)14-21(18,19)9-4-8(15(16)17)10(13)20-9/h1-4,14H. The lowest BCUT2D eigenvalue weighted by molar-refractivity contribution is -0.384. The Morgan fingerprint density at radius 2 is 1.95 bits per heavy atom. The molecule has 0 bridgehead atoms. The molecular formula is C10H5BrCl2N2O4S2. The largest absolute Gasteiger partial charge is 0.300 e. The Morgan fingerprint density at radius 3 is 2.48 bits per heavy atom. The van der Waals surface area contributed by atoms with Gasteiger partial charge in [-0.1, -0.05) is 23.2 Å². The third-order valence-corrected chi connectivity index (χ3v) is 6.69. The van der Waals surface area contributed by atoms with Crippen molar-refractivity contribution in [3.05, 3.63) is 48.2 Å². The molecule has 6 nitrogen and oxygen atoms in total. The second-order valence-corrected chi connectivity index (χ2v) is 8.54. The van der Waals surface area contributed by atoms with Crippen LogP contribution in [-0.2, 0) is 10.0 Å². The Morgan fingerprint density at radius 1 is 1.29 bits per heavy atom. The first-order chi connectivity index (χ1) is 9.70. The molecule has 2 aromatic rings. The number of sulfonamides is 1. The number of anilines is 1. The monoisotopic (exact) mass is 430 g/mol. The zero-order valence-corrected chi connectivity index (χ0v) is 14.6. The Balaban J connectivity index is 2.36. The minimum absolute atomic E-state index is 0.197. The van der Waals surface area contributed by atoms with Gasteiger partial charge in [0.05, 0.1) is 15.6 Å². The highest BCUT2D eigenvalue weighted by Crippen LogP contribution is 2.37. The normalized spacial score (nSPS) is 11.4. The van der Waals surface area contributed by atoms with Gasteiger partial charge >= 0.3 is 0 Å². The van der Waals surface area contributed by atoms with Gasteiger partial charge in [-0.25, -0.2) is 8.42 Å². The number of rotatable bonds is 4. The summed E-state index contributed by atoms with van der Waals surface area (Å²) in [5.41, 5.74) is -0.183. The molecule has 0 saturated heterocycles. The maximum absolute atomic E-state index is 12.2. The molecule has 0 amide bonds. The predicted octanol–water partition coefficient (Wildman–Crippen LogP) is 4.53. The molecule has 0 unspecified atom stereocenters. The number of benzene rings is 1. The molecule has 0 fully saturated rings. The molecule has 0 saturated carbocycles. The maximum atomic E-state index is 12.2. The summed E-state index contributed by atoms with van der Waals surface area (Å²) in [5.74, 6) is 0. The van der Waals surface area contributed by atoms with E-state index in [0.29, 0.717) is 20.8 Å². The third kappa shape index (κ3) is 3.67. The maximum Gasteiger partial charge on any atom is 0.300 e. The van der Waals surface area contributed by atoms with Crippen LogP contribution in [0.5, 0.6) is 0 Å². The summed E-state index contributed by atoms with van der Waals surface area (Å²) in [7, 11) is -3.96. The second kappa shape index (κ2) is 6.09. The van der Waals surface area contributed by atoms with Crippen molar-refractivity contribution in [2.24, 2.45) is 0 Å². The number of nitrogens with zero attached hydrogens (tertiary/aromatic N) is 1. The van der Waals surface area contributed by atoms with Gasteiger partial charge < -0.3 is 0 Å². The van der Waals surface area contributed by atoms with Crippen molar-refractivity contribution in [2.45, 2.75) is 4.21 Å². The highest BCUT2D eigenvalue weighted by atomic mass is 79.9. The number of nitrogens with one attached hydrogen (secondary N) is 1. The Bertz CT molecular complexity index is 822. The van der Waals surface area contributed by atoms with Crippen molar-refractivity contribution >= 4 is 71.9 Å². The number of halogens is 3. The first kappa shape index (κ1) is 16.5. The van der Waals surface area contributed by atoms with Gasteiger partial charge in [-0.3, -0.25) is 14.8 Å². The van der Waals surface area contributed by atoms with E-state index in [2.05, 4.69) is 20.7 Å². The molecule has 112 valence electrons. The van der Waals surface area contributed by atoms with Gasteiger partial charge in [0.15, 0.2) is 4.34 Å². The zero-order valence-electron chi connectivity index (χ0n) is 9.84. The second-order valence-electron chi connectivity index (χ2n) is 3.72. The molecule has 21 heavy (non-hydrogen) atoms. The lowest BCUT2D eigenvalue weighted by Crippen LogP contribution is -2.11. The lowest BCUT2D eigenvalue weighted by Gasteiger charge is -2.06. The predicted molar refractivity (Wildman–Crippen MR) is 85.9 cm³/mol. The van der Waals surface area contributed by atoms with E-state index in [9.17, 15) is 18.5 Å². The Hall–Kier alpha value is -0.870. The zero-order chi connectivity index (χ0) is 15.8. The molecule has 0 aliphatic heterocycles. The quantitative estimate of drug-likeness (QED) is 0.568. The fourth-order valence-electron chi connectivity index (χ4n) is 1.36. The molecule has 0 spiro atoms. The van der Waals surface area contributed by atoms with Gasteiger partial charge in [-0.15, -0.1) is 11.3 Å². The van der Waals surface area contributed by atoms with Crippen molar-refractivity contribution in [1.82, 2.24) is 0 Å². The van der Waals surface area contributed by atoms with E-state index in [-0.39, 0.29) is 14.2 Å². The van der Waals surface area contributed by atoms with Gasteiger partial charge in [0.25, 0.3) is 15.7 Å². The fraction of sp³-hybridized carbons (Fsp3) is 0. The van der Waals surface area contributed by atoms with E-state index < -0.39 is 20.6 Å². The molecule has 1 N–H and O–H groups in total. The van der Waals surface area contributed by atoms with Crippen LogP contribution in [0, 0.1) is 10.1 Å². The van der Waals surface area contributed by atoms with Crippen LogP contribution < -0.4 is 4.72 Å². The number of hydrogen-bond acceptors (Lipinski definition) is 5. The highest BCUT2D eigenvalue weighted by Gasteiger charge is 2.25. The van der Waals surface area contributed by atoms with E-state index in [1.165, 1.54) is 18.2 Å². The van der Waals surface area contributed by atoms with Crippen LogP contribution in [0.1, 0.15) is 0 Å². The van der Waals surface area contributed by atoms with E-state index in [0.717, 1.165) is 6.07 Å². The molecule has 1 aromatic carbocycles. The van der Waals surface area contributed by atoms with Crippen LogP contribution >= 0.6 is 50.5 Å². The molecule has 1 heterocycles. The van der Waals surface area contributed by atoms with Crippen molar-refractivity contribution in [2.75, 3.05) is 4.72 Å². The van der Waals surface area contributed by atoms with E-state index in [4.69, 9.17) is 23.2 Å². The van der Waals surface area contributed by atoms with Gasteiger partial charge in [-0.2, -0.15) is 0 Å². The van der Waals surface area contributed by atoms with Gasteiger partial charge in [0, 0.05) is 10.5 Å². The van der Waals surface area contributed by atoms with Crippen LogP contribution in [0.15, 0.2) is 32.9 Å². The van der Waals surface area contributed by atoms with Crippen molar-refractivity contribution in [3.63, 3.8) is 0 Å². The fourth-order valence-corrected chi connectivity index (χ4v) is 4.57. The number of thiophene rings is 1. The van der Waals surface area contributed by atoms with Crippen molar-refractivity contribution < 1.29 is 13.3 Å².